The predicted octanol–water partition coefficient (Wildman–Crippen LogP) is -0.0675. The van der Waals surface area contributed by atoms with Crippen LogP contribution in [0.25, 0.3) is 0 Å². The number of carboxylic acid groups (broad SMARTS) is 1. The van der Waals surface area contributed by atoms with Crippen molar-refractivity contribution in [2.24, 2.45) is 0 Å². The second kappa shape index (κ2) is 3.68. The van der Waals surface area contributed by atoms with Gasteiger partial charge >= 0.3 is 0 Å². The Morgan fingerprint density at radius 1 is 1.47 bits per heavy atom. The van der Waals surface area contributed by atoms with Crippen LogP contribution in [0.3, 0.4) is 0 Å². The van der Waals surface area contributed by atoms with Crippen molar-refractivity contribution in [2.75, 3.05) is 6.79 Å². The average molecular weight is 209 g/mol. The maximum atomic E-state index is 10.4. The molecule has 0 radical (unpaired) electrons. The molecule has 0 saturated carbocycles. The summed E-state index contributed by atoms with van der Waals surface area (Å²) in [6.45, 7) is 1.58. The van der Waals surface area contributed by atoms with Gasteiger partial charge in [0.25, 0.3) is 0 Å². The molecule has 0 aliphatic carbocycles. The molecule has 0 saturated heterocycles. The largest absolute Gasteiger partial charge is 0.546 e. The number of hydrogen-bond donors (Lipinski definition) is 0. The van der Waals surface area contributed by atoms with Gasteiger partial charge in [0, 0.05) is 6.07 Å². The molecule has 1 aliphatic heterocycles. The van der Waals surface area contributed by atoms with Crippen LogP contribution in [-0.4, -0.2) is 18.9 Å². The second-order valence-electron chi connectivity index (χ2n) is 3.09. The highest BCUT2D eigenvalue weighted by molar-refractivity contribution is 5.69. The van der Waals surface area contributed by atoms with Crippen LogP contribution in [0.15, 0.2) is 18.2 Å². The van der Waals surface area contributed by atoms with E-state index >= 15 is 0 Å². The molecule has 1 aromatic carbocycles. The summed E-state index contributed by atoms with van der Waals surface area (Å²) in [4.78, 5) is 10.4. The highest BCUT2D eigenvalue weighted by Gasteiger charge is 2.14. The van der Waals surface area contributed by atoms with Gasteiger partial charge in [0.05, 0.1) is 5.97 Å². The molecule has 0 unspecified atom stereocenters. The van der Waals surface area contributed by atoms with E-state index in [-0.39, 0.29) is 6.79 Å². The highest BCUT2D eigenvalue weighted by Crippen LogP contribution is 2.35. The normalized spacial score (nSPS) is 14.7. The molecular formula is C10H9O5-. The van der Waals surface area contributed by atoms with Gasteiger partial charge in [-0.3, -0.25) is 0 Å². The molecule has 5 nitrogen and oxygen atoms in total. The maximum Gasteiger partial charge on any atom is 0.231 e. The van der Waals surface area contributed by atoms with Crippen molar-refractivity contribution in [1.82, 2.24) is 0 Å². The molecule has 0 aromatic heterocycles. The van der Waals surface area contributed by atoms with E-state index < -0.39 is 12.1 Å². The lowest BCUT2D eigenvalue weighted by atomic mass is 10.3. The minimum atomic E-state index is -1.26. The van der Waals surface area contributed by atoms with Crippen LogP contribution in [0.4, 0.5) is 0 Å². The van der Waals surface area contributed by atoms with E-state index in [4.69, 9.17) is 14.2 Å². The van der Waals surface area contributed by atoms with Crippen LogP contribution in [-0.2, 0) is 4.79 Å². The van der Waals surface area contributed by atoms with E-state index in [0.717, 1.165) is 0 Å². The lowest BCUT2D eigenvalue weighted by Crippen LogP contribution is -2.37. The molecule has 15 heavy (non-hydrogen) atoms. The number of benzene rings is 1. The summed E-state index contributed by atoms with van der Waals surface area (Å²) < 4.78 is 15.3. The third-order valence-corrected chi connectivity index (χ3v) is 1.99. The van der Waals surface area contributed by atoms with Crippen molar-refractivity contribution in [3.63, 3.8) is 0 Å². The molecule has 0 bridgehead atoms. The zero-order valence-electron chi connectivity index (χ0n) is 8.06. The van der Waals surface area contributed by atoms with Crippen LogP contribution >= 0.6 is 0 Å². The summed E-state index contributed by atoms with van der Waals surface area (Å²) in [7, 11) is 0. The number of rotatable bonds is 3. The third-order valence-electron chi connectivity index (χ3n) is 1.99. The van der Waals surface area contributed by atoms with E-state index in [1.54, 1.807) is 18.2 Å². The highest BCUT2D eigenvalue weighted by atomic mass is 16.7. The summed E-state index contributed by atoms with van der Waals surface area (Å²) >= 11 is 0. The first kappa shape index (κ1) is 9.64. The van der Waals surface area contributed by atoms with Gasteiger partial charge in [-0.05, 0) is 19.1 Å². The Morgan fingerprint density at radius 2 is 2.20 bits per heavy atom. The lowest BCUT2D eigenvalue weighted by molar-refractivity contribution is -0.312. The fraction of sp³-hybridized carbons (Fsp3) is 0.300. The minimum absolute atomic E-state index is 0.175. The lowest BCUT2D eigenvalue weighted by Gasteiger charge is -2.15. The Bertz CT molecular complexity index is 387. The van der Waals surface area contributed by atoms with Gasteiger partial charge in [0.2, 0.25) is 6.79 Å². The average Bonchev–Trinajstić information content (AvgIpc) is 2.64. The van der Waals surface area contributed by atoms with Gasteiger partial charge in [-0.25, -0.2) is 0 Å². The summed E-state index contributed by atoms with van der Waals surface area (Å²) in [5.41, 5.74) is 0. The molecule has 1 aromatic rings. The zero-order valence-corrected chi connectivity index (χ0v) is 8.06. The number of carboxylic acids is 1. The van der Waals surface area contributed by atoms with Crippen molar-refractivity contribution >= 4 is 5.97 Å². The summed E-state index contributed by atoms with van der Waals surface area (Å²) in [6.07, 6.45) is -0.995. The van der Waals surface area contributed by atoms with Crippen molar-refractivity contribution < 1.29 is 24.1 Å². The van der Waals surface area contributed by atoms with Crippen LogP contribution < -0.4 is 19.3 Å². The van der Waals surface area contributed by atoms with Crippen molar-refractivity contribution in [2.45, 2.75) is 13.0 Å². The first-order valence-corrected chi connectivity index (χ1v) is 4.44. The van der Waals surface area contributed by atoms with Gasteiger partial charge < -0.3 is 24.1 Å². The van der Waals surface area contributed by atoms with Crippen molar-refractivity contribution in [3.8, 4) is 17.2 Å². The Labute approximate surface area is 86.2 Å². The van der Waals surface area contributed by atoms with Gasteiger partial charge in [-0.1, -0.05) is 0 Å². The Balaban J connectivity index is 2.13. The zero-order chi connectivity index (χ0) is 10.8. The number of aliphatic carboxylic acids is 1. The smallest absolute Gasteiger partial charge is 0.231 e. The Morgan fingerprint density at radius 3 is 2.93 bits per heavy atom. The standard InChI is InChI=1S/C10H10O5/c1-6(10(11)12)15-7-2-3-8-9(4-7)14-5-13-8/h2-4,6H,5H2,1H3,(H,11,12)/p-1/t6-/m0/s1. The molecule has 0 N–H and O–H groups in total. The molecule has 0 amide bonds. The topological polar surface area (TPSA) is 67.8 Å². The quantitative estimate of drug-likeness (QED) is 0.697. The van der Waals surface area contributed by atoms with Gasteiger partial charge in [0.1, 0.15) is 11.9 Å². The maximum absolute atomic E-state index is 10.4. The number of hydrogen-bond acceptors (Lipinski definition) is 5. The second-order valence-corrected chi connectivity index (χ2v) is 3.09. The number of fused-ring (bicyclic) bond motifs is 1. The first-order valence-electron chi connectivity index (χ1n) is 4.44. The van der Waals surface area contributed by atoms with E-state index in [2.05, 4.69) is 0 Å². The van der Waals surface area contributed by atoms with Gasteiger partial charge in [-0.15, -0.1) is 0 Å². The molecule has 1 atom stereocenters. The molecular weight excluding hydrogens is 200 g/mol. The molecule has 5 heteroatoms. The van der Waals surface area contributed by atoms with E-state index in [1.807, 2.05) is 0 Å². The van der Waals surface area contributed by atoms with Crippen LogP contribution in [0.1, 0.15) is 6.92 Å². The monoisotopic (exact) mass is 209 g/mol. The van der Waals surface area contributed by atoms with Crippen LogP contribution in [0.5, 0.6) is 17.2 Å². The van der Waals surface area contributed by atoms with Gasteiger partial charge in [-0.2, -0.15) is 0 Å². The molecule has 2 rings (SSSR count). The van der Waals surface area contributed by atoms with Crippen LogP contribution in [0, 0.1) is 0 Å². The van der Waals surface area contributed by atoms with E-state index in [9.17, 15) is 9.90 Å². The molecule has 1 heterocycles. The summed E-state index contributed by atoms with van der Waals surface area (Å²) in [5.74, 6) is 0.338. The summed E-state index contributed by atoms with van der Waals surface area (Å²) in [6, 6.07) is 4.87. The Kier molecular flexibility index (Phi) is 2.37. The fourth-order valence-electron chi connectivity index (χ4n) is 1.20. The summed E-state index contributed by atoms with van der Waals surface area (Å²) in [5, 5.41) is 10.4. The van der Waals surface area contributed by atoms with Crippen molar-refractivity contribution in [3.05, 3.63) is 18.2 Å². The minimum Gasteiger partial charge on any atom is -0.546 e. The number of carbonyl (C=O) groups excluding carboxylic acids is 1. The van der Waals surface area contributed by atoms with E-state index in [1.165, 1.54) is 6.92 Å². The predicted molar refractivity (Wildman–Crippen MR) is 47.7 cm³/mol. The van der Waals surface area contributed by atoms with Gasteiger partial charge in [0.15, 0.2) is 11.5 Å². The molecule has 0 fully saturated rings. The third kappa shape index (κ3) is 1.96. The number of carbonyl (C=O) groups is 1. The SMILES string of the molecule is C[C@H](Oc1ccc2c(c1)OCO2)C(=O)[O-]. The van der Waals surface area contributed by atoms with E-state index in [0.29, 0.717) is 17.2 Å². The molecule has 80 valence electrons. The van der Waals surface area contributed by atoms with Crippen LogP contribution in [0.2, 0.25) is 0 Å². The fourth-order valence-corrected chi connectivity index (χ4v) is 1.20. The molecule has 1 aliphatic rings. The molecule has 0 spiro atoms. The first-order chi connectivity index (χ1) is 7.16. The number of ether oxygens (including phenoxy) is 3. The van der Waals surface area contributed by atoms with Crippen molar-refractivity contribution in [1.29, 1.82) is 0 Å². The Hall–Kier alpha value is -1.91.